The lowest BCUT2D eigenvalue weighted by Gasteiger charge is -2.08. The van der Waals surface area contributed by atoms with E-state index in [1.165, 1.54) is 17.8 Å². The Hall–Kier alpha value is -4.00. The Labute approximate surface area is 187 Å². The fourth-order valence-corrected chi connectivity index (χ4v) is 2.92. The van der Waals surface area contributed by atoms with E-state index in [0.29, 0.717) is 17.0 Å². The predicted octanol–water partition coefficient (Wildman–Crippen LogP) is 5.57. The molecule has 0 saturated carbocycles. The molecule has 7 heteroatoms. The highest BCUT2D eigenvalue weighted by molar-refractivity contribution is 5.86. The van der Waals surface area contributed by atoms with Gasteiger partial charge < -0.3 is 9.84 Å². The number of carbonyl (C=O) groups excluding carboxylic acids is 1. The van der Waals surface area contributed by atoms with Gasteiger partial charge in [0.05, 0.1) is 17.6 Å². The van der Waals surface area contributed by atoms with Crippen LogP contribution in [0.5, 0.6) is 11.5 Å². The molecule has 3 aromatic carbocycles. The Bertz CT molecular complexity index is 1190. The Balaban J connectivity index is 1.59. The van der Waals surface area contributed by atoms with Gasteiger partial charge in [-0.15, -0.1) is 0 Å². The van der Waals surface area contributed by atoms with Gasteiger partial charge >= 0.3 is 0 Å². The first-order chi connectivity index (χ1) is 15.3. The van der Waals surface area contributed by atoms with Crippen molar-refractivity contribution in [3.05, 3.63) is 82.4 Å². The fraction of sp³-hybridized carbons (Fsp3) is 0.200. The SMILES string of the molecule is Cc1ccc(OCC(=O)N/N=C/c2cc(N=Nc3ccc(C)c(C)c3)ccc2O)c(C)c1. The summed E-state index contributed by atoms with van der Waals surface area (Å²) in [6.07, 6.45) is 1.35. The number of carbonyl (C=O) groups is 1. The van der Waals surface area contributed by atoms with Crippen molar-refractivity contribution in [2.75, 3.05) is 6.61 Å². The summed E-state index contributed by atoms with van der Waals surface area (Å²) in [6.45, 7) is 7.80. The Kier molecular flexibility index (Phi) is 7.33. The molecule has 3 rings (SSSR count). The monoisotopic (exact) mass is 430 g/mol. The molecule has 0 aliphatic carbocycles. The molecule has 0 aliphatic rings. The number of nitrogens with one attached hydrogen (secondary N) is 1. The van der Waals surface area contributed by atoms with E-state index in [4.69, 9.17) is 4.74 Å². The first-order valence-corrected chi connectivity index (χ1v) is 10.2. The zero-order chi connectivity index (χ0) is 23.1. The number of hydrogen-bond donors (Lipinski definition) is 2. The Morgan fingerprint density at radius 3 is 2.34 bits per heavy atom. The molecule has 0 spiro atoms. The number of amides is 1. The topological polar surface area (TPSA) is 95.6 Å². The standard InChI is InChI=1S/C25H26N4O3/c1-16-5-10-24(19(4)11-16)32-15-25(31)29-26-14-20-13-22(8-9-23(20)30)28-27-21-7-6-17(2)18(3)12-21/h5-14,30H,15H2,1-4H3,(H,29,31)/b26-14+,28-27?. The maximum atomic E-state index is 12.0. The van der Waals surface area contributed by atoms with E-state index in [1.54, 1.807) is 12.1 Å². The normalized spacial score (nSPS) is 11.2. The van der Waals surface area contributed by atoms with E-state index >= 15 is 0 Å². The molecule has 0 aromatic heterocycles. The van der Waals surface area contributed by atoms with Gasteiger partial charge in [-0.2, -0.15) is 15.3 Å². The number of nitrogens with zero attached hydrogens (tertiary/aromatic N) is 3. The first kappa shape index (κ1) is 22.7. The minimum absolute atomic E-state index is 0.0136. The highest BCUT2D eigenvalue weighted by Crippen LogP contribution is 2.25. The number of ether oxygens (including phenoxy) is 1. The lowest BCUT2D eigenvalue weighted by molar-refractivity contribution is -0.123. The minimum Gasteiger partial charge on any atom is -0.507 e. The minimum atomic E-state index is -0.411. The lowest BCUT2D eigenvalue weighted by Crippen LogP contribution is -2.24. The third-order valence-corrected chi connectivity index (χ3v) is 4.86. The molecule has 0 radical (unpaired) electrons. The van der Waals surface area contributed by atoms with Gasteiger partial charge in [0, 0.05) is 5.56 Å². The molecule has 3 aromatic rings. The molecule has 0 unspecified atom stereocenters. The van der Waals surface area contributed by atoms with E-state index in [0.717, 1.165) is 22.4 Å². The number of hydrazone groups is 1. The summed E-state index contributed by atoms with van der Waals surface area (Å²) in [7, 11) is 0. The van der Waals surface area contributed by atoms with E-state index in [-0.39, 0.29) is 12.4 Å². The van der Waals surface area contributed by atoms with Crippen LogP contribution in [0.1, 0.15) is 27.8 Å². The van der Waals surface area contributed by atoms with Crippen molar-refractivity contribution < 1.29 is 14.6 Å². The molecule has 1 amide bonds. The molecule has 0 atom stereocenters. The maximum absolute atomic E-state index is 12.0. The second-order valence-corrected chi connectivity index (χ2v) is 7.56. The molecule has 32 heavy (non-hydrogen) atoms. The molecular formula is C25H26N4O3. The van der Waals surface area contributed by atoms with Crippen LogP contribution >= 0.6 is 0 Å². The van der Waals surface area contributed by atoms with Crippen molar-refractivity contribution in [1.29, 1.82) is 0 Å². The van der Waals surface area contributed by atoms with E-state index in [2.05, 4.69) is 20.8 Å². The fourth-order valence-electron chi connectivity index (χ4n) is 2.92. The van der Waals surface area contributed by atoms with E-state index < -0.39 is 5.91 Å². The van der Waals surface area contributed by atoms with Crippen LogP contribution in [0.4, 0.5) is 11.4 Å². The van der Waals surface area contributed by atoms with Gasteiger partial charge in [0.2, 0.25) is 0 Å². The van der Waals surface area contributed by atoms with E-state index in [9.17, 15) is 9.90 Å². The van der Waals surface area contributed by atoms with Gasteiger partial charge in [0.1, 0.15) is 11.5 Å². The van der Waals surface area contributed by atoms with Crippen LogP contribution in [0.25, 0.3) is 0 Å². The van der Waals surface area contributed by atoms with Crippen molar-refractivity contribution >= 4 is 23.5 Å². The third kappa shape index (κ3) is 6.25. The Morgan fingerprint density at radius 1 is 0.906 bits per heavy atom. The van der Waals surface area contributed by atoms with Crippen LogP contribution in [-0.4, -0.2) is 23.8 Å². The zero-order valence-corrected chi connectivity index (χ0v) is 18.6. The van der Waals surface area contributed by atoms with Crippen LogP contribution in [0.2, 0.25) is 0 Å². The second kappa shape index (κ2) is 10.3. The number of hydrogen-bond acceptors (Lipinski definition) is 6. The number of aromatic hydroxyl groups is 1. The molecule has 0 bridgehead atoms. The highest BCUT2D eigenvalue weighted by Gasteiger charge is 2.05. The highest BCUT2D eigenvalue weighted by atomic mass is 16.5. The van der Waals surface area contributed by atoms with Gasteiger partial charge in [-0.3, -0.25) is 4.79 Å². The van der Waals surface area contributed by atoms with Gasteiger partial charge in [-0.1, -0.05) is 23.8 Å². The molecule has 0 fully saturated rings. The summed E-state index contributed by atoms with van der Waals surface area (Å²) in [5.41, 5.74) is 8.49. The molecule has 0 saturated heterocycles. The first-order valence-electron chi connectivity index (χ1n) is 10.2. The molecule has 0 aliphatic heterocycles. The molecule has 0 heterocycles. The summed E-state index contributed by atoms with van der Waals surface area (Å²) >= 11 is 0. The number of phenols is 1. The van der Waals surface area contributed by atoms with Crippen LogP contribution in [0, 0.1) is 27.7 Å². The maximum Gasteiger partial charge on any atom is 0.277 e. The largest absolute Gasteiger partial charge is 0.507 e. The van der Waals surface area contributed by atoms with Gasteiger partial charge in [-0.25, -0.2) is 5.43 Å². The Morgan fingerprint density at radius 2 is 1.62 bits per heavy atom. The van der Waals surface area contributed by atoms with Crippen LogP contribution in [-0.2, 0) is 4.79 Å². The van der Waals surface area contributed by atoms with Crippen LogP contribution in [0.15, 0.2) is 69.9 Å². The number of rotatable bonds is 7. The number of phenolic OH excluding ortho intramolecular Hbond substituents is 1. The van der Waals surface area contributed by atoms with Crippen LogP contribution in [0.3, 0.4) is 0 Å². The number of aryl methyl sites for hydroxylation is 4. The summed E-state index contributed by atoms with van der Waals surface area (Å²) in [6, 6.07) is 16.4. The third-order valence-electron chi connectivity index (χ3n) is 4.86. The summed E-state index contributed by atoms with van der Waals surface area (Å²) in [4.78, 5) is 12.0. The van der Waals surface area contributed by atoms with Crippen molar-refractivity contribution in [2.24, 2.45) is 15.3 Å². The summed E-state index contributed by atoms with van der Waals surface area (Å²) < 4.78 is 5.53. The van der Waals surface area contributed by atoms with Gasteiger partial charge in [-0.05, 0) is 80.8 Å². The summed E-state index contributed by atoms with van der Waals surface area (Å²) in [5, 5.41) is 22.4. The quantitative estimate of drug-likeness (QED) is 0.291. The molecule has 2 N–H and O–H groups in total. The number of azo groups is 1. The average molecular weight is 431 g/mol. The van der Waals surface area contributed by atoms with Crippen molar-refractivity contribution in [2.45, 2.75) is 27.7 Å². The second-order valence-electron chi connectivity index (χ2n) is 7.56. The van der Waals surface area contributed by atoms with Crippen LogP contribution < -0.4 is 10.2 Å². The molecular weight excluding hydrogens is 404 g/mol. The van der Waals surface area contributed by atoms with Crippen molar-refractivity contribution in [1.82, 2.24) is 5.43 Å². The predicted molar refractivity (Wildman–Crippen MR) is 125 cm³/mol. The molecule has 164 valence electrons. The summed E-state index contributed by atoms with van der Waals surface area (Å²) in [5.74, 6) is 0.250. The van der Waals surface area contributed by atoms with Gasteiger partial charge in [0.15, 0.2) is 6.61 Å². The van der Waals surface area contributed by atoms with E-state index in [1.807, 2.05) is 64.1 Å². The van der Waals surface area contributed by atoms with Crippen molar-refractivity contribution in [3.8, 4) is 11.5 Å². The van der Waals surface area contributed by atoms with Crippen molar-refractivity contribution in [3.63, 3.8) is 0 Å². The number of benzene rings is 3. The smallest absolute Gasteiger partial charge is 0.277 e. The average Bonchev–Trinajstić information content (AvgIpc) is 2.75. The molecule has 7 nitrogen and oxygen atoms in total. The zero-order valence-electron chi connectivity index (χ0n) is 18.6. The lowest BCUT2D eigenvalue weighted by atomic mass is 10.1. The van der Waals surface area contributed by atoms with Gasteiger partial charge in [0.25, 0.3) is 5.91 Å².